The Morgan fingerprint density at radius 3 is 2.30 bits per heavy atom. The van der Waals surface area contributed by atoms with Gasteiger partial charge in [0.05, 0.1) is 6.54 Å². The molecule has 1 aliphatic rings. The van der Waals surface area contributed by atoms with Crippen molar-refractivity contribution >= 4 is 0 Å². The second-order valence-electron chi connectivity index (χ2n) is 6.79. The minimum atomic E-state index is 0.118. The third kappa shape index (κ3) is 2.58. The molecule has 0 amide bonds. The molecule has 3 nitrogen and oxygen atoms in total. The lowest BCUT2D eigenvalue weighted by molar-refractivity contribution is 0.589. The molecule has 2 aromatic rings. The highest BCUT2D eigenvalue weighted by molar-refractivity contribution is 5.27. The lowest BCUT2D eigenvalue weighted by Crippen LogP contribution is -2.23. The van der Waals surface area contributed by atoms with Crippen LogP contribution in [-0.4, -0.2) is 9.13 Å². The van der Waals surface area contributed by atoms with E-state index in [-0.39, 0.29) is 11.1 Å². The van der Waals surface area contributed by atoms with Crippen LogP contribution in [0.15, 0.2) is 41.5 Å². The first-order valence-electron chi connectivity index (χ1n) is 7.32. The summed E-state index contributed by atoms with van der Waals surface area (Å²) >= 11 is 0. The molecule has 1 aromatic carbocycles. The van der Waals surface area contributed by atoms with Crippen LogP contribution < -0.4 is 5.69 Å². The number of hydrogen-bond acceptors (Lipinski definition) is 1. The summed E-state index contributed by atoms with van der Waals surface area (Å²) in [5.41, 5.74) is 2.79. The van der Waals surface area contributed by atoms with Crippen LogP contribution in [0.4, 0.5) is 0 Å². The van der Waals surface area contributed by atoms with E-state index in [9.17, 15) is 4.79 Å². The molecule has 1 aromatic heterocycles. The fraction of sp³-hybridized carbons (Fsp3) is 0.471. The quantitative estimate of drug-likeness (QED) is 0.840. The van der Waals surface area contributed by atoms with Gasteiger partial charge in [0.15, 0.2) is 0 Å². The van der Waals surface area contributed by atoms with Crippen LogP contribution >= 0.6 is 0 Å². The van der Waals surface area contributed by atoms with Crippen molar-refractivity contribution in [3.8, 4) is 0 Å². The van der Waals surface area contributed by atoms with Crippen LogP contribution in [0.2, 0.25) is 0 Å². The minimum Gasteiger partial charge on any atom is -0.296 e. The summed E-state index contributed by atoms with van der Waals surface area (Å²) in [6.07, 6.45) is 6.11. The van der Waals surface area contributed by atoms with Gasteiger partial charge in [0.1, 0.15) is 0 Å². The van der Waals surface area contributed by atoms with Crippen molar-refractivity contribution in [3.05, 3.63) is 58.3 Å². The molecule has 0 spiro atoms. The SMILES string of the molecule is CC(C)(C)c1ccc(Cn2ccn(C3CC3)c2=O)cc1. The Morgan fingerprint density at radius 2 is 1.75 bits per heavy atom. The molecular weight excluding hydrogens is 248 g/mol. The summed E-state index contributed by atoms with van der Waals surface area (Å²) in [5, 5.41) is 0. The van der Waals surface area contributed by atoms with E-state index < -0.39 is 0 Å². The Kier molecular flexibility index (Phi) is 3.08. The number of imidazole rings is 1. The predicted octanol–water partition coefficient (Wildman–Crippen LogP) is 3.33. The first-order valence-corrected chi connectivity index (χ1v) is 7.32. The molecule has 3 heteroatoms. The molecule has 106 valence electrons. The van der Waals surface area contributed by atoms with Crippen molar-refractivity contribution in [1.82, 2.24) is 9.13 Å². The van der Waals surface area contributed by atoms with Gasteiger partial charge in [-0.15, -0.1) is 0 Å². The smallest absolute Gasteiger partial charge is 0.296 e. The standard InChI is InChI=1S/C17H22N2O/c1-17(2,3)14-6-4-13(5-7-14)12-18-10-11-19(16(18)20)15-8-9-15/h4-7,10-11,15H,8-9,12H2,1-3H3. The molecule has 1 fully saturated rings. The average Bonchev–Trinajstić information content (AvgIpc) is 3.16. The molecule has 1 heterocycles. The molecule has 20 heavy (non-hydrogen) atoms. The van der Waals surface area contributed by atoms with Gasteiger partial charge in [-0.1, -0.05) is 45.0 Å². The zero-order valence-electron chi connectivity index (χ0n) is 12.5. The summed E-state index contributed by atoms with van der Waals surface area (Å²) in [7, 11) is 0. The molecule has 0 N–H and O–H groups in total. The maximum Gasteiger partial charge on any atom is 0.328 e. The second kappa shape index (κ2) is 4.65. The molecule has 0 atom stereocenters. The Bertz CT molecular complexity index is 652. The Morgan fingerprint density at radius 1 is 1.10 bits per heavy atom. The molecule has 1 aliphatic carbocycles. The lowest BCUT2D eigenvalue weighted by Gasteiger charge is -2.19. The molecule has 0 radical (unpaired) electrons. The van der Waals surface area contributed by atoms with Gasteiger partial charge in [0.2, 0.25) is 0 Å². The lowest BCUT2D eigenvalue weighted by atomic mass is 9.87. The number of nitrogens with zero attached hydrogens (tertiary/aromatic N) is 2. The van der Waals surface area contributed by atoms with E-state index in [1.165, 1.54) is 11.1 Å². The number of aromatic nitrogens is 2. The number of rotatable bonds is 3. The molecule has 0 aliphatic heterocycles. The second-order valence-corrected chi connectivity index (χ2v) is 6.79. The molecule has 0 bridgehead atoms. The van der Waals surface area contributed by atoms with E-state index in [1.807, 2.05) is 17.0 Å². The largest absolute Gasteiger partial charge is 0.328 e. The van der Waals surface area contributed by atoms with E-state index in [0.717, 1.165) is 12.8 Å². The fourth-order valence-electron chi connectivity index (χ4n) is 2.49. The van der Waals surface area contributed by atoms with E-state index in [0.29, 0.717) is 12.6 Å². The van der Waals surface area contributed by atoms with Crippen molar-refractivity contribution < 1.29 is 0 Å². The van der Waals surface area contributed by atoms with Gasteiger partial charge in [0.25, 0.3) is 0 Å². The zero-order chi connectivity index (χ0) is 14.3. The maximum absolute atomic E-state index is 12.2. The van der Waals surface area contributed by atoms with Gasteiger partial charge in [-0.25, -0.2) is 4.79 Å². The van der Waals surface area contributed by atoms with Crippen molar-refractivity contribution in [2.24, 2.45) is 0 Å². The van der Waals surface area contributed by atoms with Crippen molar-refractivity contribution in [2.45, 2.75) is 51.6 Å². The van der Waals surface area contributed by atoms with Crippen LogP contribution in [-0.2, 0) is 12.0 Å². The molecule has 0 saturated heterocycles. The molecule has 0 unspecified atom stereocenters. The van der Waals surface area contributed by atoms with Crippen LogP contribution in [0.1, 0.15) is 50.8 Å². The van der Waals surface area contributed by atoms with Crippen molar-refractivity contribution in [2.75, 3.05) is 0 Å². The summed E-state index contributed by atoms with van der Waals surface area (Å²) in [5.74, 6) is 0. The Hall–Kier alpha value is -1.77. The van der Waals surface area contributed by atoms with Gasteiger partial charge >= 0.3 is 5.69 Å². The highest BCUT2D eigenvalue weighted by Crippen LogP contribution is 2.33. The van der Waals surface area contributed by atoms with E-state index in [2.05, 4.69) is 45.0 Å². The summed E-state index contributed by atoms with van der Waals surface area (Å²) in [6, 6.07) is 9.03. The average molecular weight is 270 g/mol. The maximum atomic E-state index is 12.2. The van der Waals surface area contributed by atoms with E-state index in [1.54, 1.807) is 4.57 Å². The van der Waals surface area contributed by atoms with E-state index >= 15 is 0 Å². The first kappa shape index (κ1) is 13.2. The van der Waals surface area contributed by atoms with Crippen LogP contribution in [0, 0.1) is 0 Å². The first-order chi connectivity index (χ1) is 9.45. The van der Waals surface area contributed by atoms with Crippen molar-refractivity contribution in [3.63, 3.8) is 0 Å². The van der Waals surface area contributed by atoms with Gasteiger partial charge in [-0.3, -0.25) is 9.13 Å². The zero-order valence-corrected chi connectivity index (χ0v) is 12.5. The fourth-order valence-corrected chi connectivity index (χ4v) is 2.49. The molecular formula is C17H22N2O. The topological polar surface area (TPSA) is 26.9 Å². The number of benzene rings is 1. The highest BCUT2D eigenvalue weighted by Gasteiger charge is 2.25. The Balaban J connectivity index is 1.79. The Labute approximate surface area is 119 Å². The summed E-state index contributed by atoms with van der Waals surface area (Å²) < 4.78 is 3.66. The van der Waals surface area contributed by atoms with Gasteiger partial charge in [-0.05, 0) is 29.4 Å². The summed E-state index contributed by atoms with van der Waals surface area (Å²) in [6.45, 7) is 7.29. The van der Waals surface area contributed by atoms with Gasteiger partial charge in [-0.2, -0.15) is 0 Å². The normalized spacial score (nSPS) is 15.6. The molecule has 1 saturated carbocycles. The third-order valence-electron chi connectivity index (χ3n) is 3.99. The monoisotopic (exact) mass is 270 g/mol. The highest BCUT2D eigenvalue weighted by atomic mass is 16.1. The minimum absolute atomic E-state index is 0.118. The number of hydrogen-bond donors (Lipinski definition) is 0. The van der Waals surface area contributed by atoms with Crippen LogP contribution in [0.5, 0.6) is 0 Å². The third-order valence-corrected chi connectivity index (χ3v) is 3.99. The van der Waals surface area contributed by atoms with Crippen LogP contribution in [0.3, 0.4) is 0 Å². The van der Waals surface area contributed by atoms with Crippen LogP contribution in [0.25, 0.3) is 0 Å². The van der Waals surface area contributed by atoms with Gasteiger partial charge in [0, 0.05) is 18.4 Å². The predicted molar refractivity (Wildman–Crippen MR) is 81.2 cm³/mol. The van der Waals surface area contributed by atoms with E-state index in [4.69, 9.17) is 0 Å². The van der Waals surface area contributed by atoms with Gasteiger partial charge < -0.3 is 0 Å². The van der Waals surface area contributed by atoms with Crippen molar-refractivity contribution in [1.29, 1.82) is 0 Å². The summed E-state index contributed by atoms with van der Waals surface area (Å²) in [4.78, 5) is 12.2. The molecule has 3 rings (SSSR count).